The summed E-state index contributed by atoms with van der Waals surface area (Å²) in [6.07, 6.45) is 4.31. The third kappa shape index (κ3) is 6.24. The van der Waals surface area contributed by atoms with Gasteiger partial charge in [0.25, 0.3) is 0 Å². The van der Waals surface area contributed by atoms with E-state index in [-0.39, 0.29) is 12.4 Å². The highest BCUT2D eigenvalue weighted by atomic mass is 35.5. The van der Waals surface area contributed by atoms with Crippen molar-refractivity contribution in [2.75, 3.05) is 26.7 Å². The summed E-state index contributed by atoms with van der Waals surface area (Å²) in [5.41, 5.74) is 2.15. The van der Waals surface area contributed by atoms with Crippen molar-refractivity contribution in [3.63, 3.8) is 0 Å². The molecule has 2 aromatic rings. The molecule has 7 heteroatoms. The van der Waals surface area contributed by atoms with E-state index in [0.717, 1.165) is 36.7 Å². The van der Waals surface area contributed by atoms with Crippen molar-refractivity contribution in [1.29, 1.82) is 0 Å². The maximum absolute atomic E-state index is 5.89. The van der Waals surface area contributed by atoms with E-state index >= 15 is 0 Å². The lowest BCUT2D eigenvalue weighted by Gasteiger charge is -2.23. The van der Waals surface area contributed by atoms with Crippen LogP contribution in [0.1, 0.15) is 30.9 Å². The van der Waals surface area contributed by atoms with Gasteiger partial charge < -0.3 is 27.2 Å². The first-order valence-electron chi connectivity index (χ1n) is 9.54. The first-order chi connectivity index (χ1) is 13.2. The average Bonchev–Trinajstić information content (AvgIpc) is 3.15. The summed E-state index contributed by atoms with van der Waals surface area (Å²) in [4.78, 5) is 6.62. The molecule has 2 heterocycles. The molecule has 1 atom stereocenters. The zero-order valence-electron chi connectivity index (χ0n) is 16.5. The van der Waals surface area contributed by atoms with Gasteiger partial charge in [0.05, 0.1) is 7.11 Å². The maximum atomic E-state index is 5.89. The van der Waals surface area contributed by atoms with Crippen LogP contribution in [0.25, 0.3) is 0 Å². The average molecular weight is 425 g/mol. The third-order valence-corrected chi connectivity index (χ3v) is 5.25. The van der Waals surface area contributed by atoms with Gasteiger partial charge in [0.15, 0.2) is 11.5 Å². The topological polar surface area (TPSA) is 46.6 Å². The number of pyridine rings is 1. The van der Waals surface area contributed by atoms with Crippen molar-refractivity contribution >= 4 is 11.6 Å². The Balaban J connectivity index is 0.00000280. The van der Waals surface area contributed by atoms with Crippen LogP contribution in [-0.2, 0) is 13.2 Å². The van der Waals surface area contributed by atoms with Crippen molar-refractivity contribution in [2.24, 2.45) is 0 Å². The molecule has 0 amide bonds. The Morgan fingerprint density at radius 1 is 1.21 bits per heavy atom. The van der Waals surface area contributed by atoms with Gasteiger partial charge in [-0.1, -0.05) is 30.7 Å². The van der Waals surface area contributed by atoms with E-state index in [4.69, 9.17) is 21.1 Å². The van der Waals surface area contributed by atoms with Crippen LogP contribution < -0.4 is 27.2 Å². The molecule has 1 unspecified atom stereocenters. The molecule has 0 radical (unpaired) electrons. The Hall–Kier alpha value is -1.53. The summed E-state index contributed by atoms with van der Waals surface area (Å²) in [5, 5.41) is 4.06. The third-order valence-electron chi connectivity index (χ3n) is 5.03. The molecule has 1 aliphatic rings. The molecule has 0 spiro atoms. The van der Waals surface area contributed by atoms with Gasteiger partial charge in [-0.15, -0.1) is 0 Å². The number of benzene rings is 1. The molecular formula is C21H28Cl2N3O2-. The van der Waals surface area contributed by atoms with Crippen molar-refractivity contribution < 1.29 is 21.9 Å². The second-order valence-corrected chi connectivity index (χ2v) is 7.21. The van der Waals surface area contributed by atoms with Crippen LogP contribution in [0.2, 0.25) is 5.15 Å². The van der Waals surface area contributed by atoms with Gasteiger partial charge in [0.1, 0.15) is 11.8 Å². The van der Waals surface area contributed by atoms with Gasteiger partial charge in [0.2, 0.25) is 0 Å². The SMILES string of the molecule is CCN1CCCC1CNCc1ccc(OCc2ccc(Cl)nc2)c(OC)c1.[Cl-]. The van der Waals surface area contributed by atoms with E-state index in [2.05, 4.69) is 28.2 Å². The molecule has 1 aromatic heterocycles. The van der Waals surface area contributed by atoms with E-state index in [1.807, 2.05) is 18.2 Å². The Bertz CT molecular complexity index is 728. The first kappa shape index (κ1) is 22.8. The molecule has 1 fully saturated rings. The van der Waals surface area contributed by atoms with Crippen molar-refractivity contribution in [3.05, 3.63) is 52.8 Å². The standard InChI is InChI=1S/C21H28ClN3O2.ClH/c1-3-25-10-4-5-18(25)14-23-12-16-6-8-19(20(11-16)26-2)27-15-17-7-9-21(22)24-13-17;/h6-9,11,13,18,23H,3-5,10,12,14-15H2,1-2H3;1H/p-1. The van der Waals surface area contributed by atoms with Crippen LogP contribution in [0, 0.1) is 0 Å². The molecule has 3 rings (SSSR count). The lowest BCUT2D eigenvalue weighted by Crippen LogP contribution is -3.00. The number of halogens is 2. The van der Waals surface area contributed by atoms with Crippen LogP contribution in [0.3, 0.4) is 0 Å². The minimum atomic E-state index is 0. The lowest BCUT2D eigenvalue weighted by atomic mass is 10.1. The molecule has 1 aliphatic heterocycles. The zero-order valence-corrected chi connectivity index (χ0v) is 18.0. The quantitative estimate of drug-likeness (QED) is 0.605. The van der Waals surface area contributed by atoms with E-state index < -0.39 is 0 Å². The number of nitrogens with one attached hydrogen (secondary N) is 1. The van der Waals surface area contributed by atoms with Gasteiger partial charge in [-0.2, -0.15) is 0 Å². The van der Waals surface area contributed by atoms with Gasteiger partial charge in [-0.3, -0.25) is 4.90 Å². The number of hydrogen-bond acceptors (Lipinski definition) is 5. The highest BCUT2D eigenvalue weighted by Crippen LogP contribution is 2.29. The molecule has 0 saturated carbocycles. The van der Waals surface area contributed by atoms with E-state index in [1.165, 1.54) is 24.9 Å². The Morgan fingerprint density at radius 3 is 2.75 bits per heavy atom. The molecule has 0 bridgehead atoms. The smallest absolute Gasteiger partial charge is 0.161 e. The van der Waals surface area contributed by atoms with Gasteiger partial charge in [-0.05, 0) is 49.7 Å². The maximum Gasteiger partial charge on any atom is 0.161 e. The molecule has 0 aliphatic carbocycles. The zero-order chi connectivity index (χ0) is 19.1. The molecule has 154 valence electrons. The second kappa shape index (κ2) is 11.5. The van der Waals surface area contributed by atoms with Crippen LogP contribution in [0.5, 0.6) is 11.5 Å². The lowest BCUT2D eigenvalue weighted by molar-refractivity contribution is -0.00000621. The van der Waals surface area contributed by atoms with E-state index in [0.29, 0.717) is 17.8 Å². The minimum Gasteiger partial charge on any atom is -1.00 e. The van der Waals surface area contributed by atoms with Crippen LogP contribution in [0.15, 0.2) is 36.5 Å². The number of hydrogen-bond donors (Lipinski definition) is 1. The van der Waals surface area contributed by atoms with Gasteiger partial charge in [0, 0.05) is 30.9 Å². The van der Waals surface area contributed by atoms with Crippen LogP contribution in [0.4, 0.5) is 0 Å². The second-order valence-electron chi connectivity index (χ2n) is 6.82. The molecular weight excluding hydrogens is 397 g/mol. The van der Waals surface area contributed by atoms with Gasteiger partial charge >= 0.3 is 0 Å². The summed E-state index contributed by atoms with van der Waals surface area (Å²) < 4.78 is 11.4. The van der Waals surface area contributed by atoms with Crippen molar-refractivity contribution in [3.8, 4) is 11.5 Å². The predicted molar refractivity (Wildman–Crippen MR) is 109 cm³/mol. The number of aromatic nitrogens is 1. The highest BCUT2D eigenvalue weighted by Gasteiger charge is 2.22. The normalized spacial score (nSPS) is 16.6. The van der Waals surface area contributed by atoms with Crippen LogP contribution >= 0.6 is 11.6 Å². The van der Waals surface area contributed by atoms with Crippen molar-refractivity contribution in [2.45, 2.75) is 39.0 Å². The largest absolute Gasteiger partial charge is 1.00 e. The number of likely N-dealkylation sites (N-methyl/N-ethyl adjacent to an activating group) is 1. The van der Waals surface area contributed by atoms with E-state index in [1.54, 1.807) is 19.4 Å². The summed E-state index contributed by atoms with van der Waals surface area (Å²) in [6.45, 7) is 6.87. The molecule has 1 saturated heterocycles. The fraction of sp³-hybridized carbons (Fsp3) is 0.476. The molecule has 28 heavy (non-hydrogen) atoms. The fourth-order valence-corrected chi connectivity index (χ4v) is 3.63. The Kier molecular flexibility index (Phi) is 9.32. The van der Waals surface area contributed by atoms with Crippen molar-refractivity contribution in [1.82, 2.24) is 15.2 Å². The number of nitrogens with zero attached hydrogens (tertiary/aromatic N) is 2. The molecule has 5 nitrogen and oxygen atoms in total. The summed E-state index contributed by atoms with van der Waals surface area (Å²) >= 11 is 5.81. The highest BCUT2D eigenvalue weighted by molar-refractivity contribution is 6.29. The predicted octanol–water partition coefficient (Wildman–Crippen LogP) is 0.901. The number of ether oxygens (including phenoxy) is 2. The molecule has 1 aromatic carbocycles. The summed E-state index contributed by atoms with van der Waals surface area (Å²) in [7, 11) is 1.67. The number of methoxy groups -OCH3 is 1. The van der Waals surface area contributed by atoms with E-state index in [9.17, 15) is 0 Å². The molecule has 1 N–H and O–H groups in total. The summed E-state index contributed by atoms with van der Waals surface area (Å²) in [6, 6.07) is 10.4. The number of rotatable bonds is 9. The number of likely N-dealkylation sites (tertiary alicyclic amines) is 1. The van der Waals surface area contributed by atoms with Gasteiger partial charge in [-0.25, -0.2) is 4.98 Å². The summed E-state index contributed by atoms with van der Waals surface area (Å²) in [5.74, 6) is 1.47. The van der Waals surface area contributed by atoms with Crippen LogP contribution in [-0.4, -0.2) is 42.7 Å². The Morgan fingerprint density at radius 2 is 2.04 bits per heavy atom. The minimum absolute atomic E-state index is 0. The fourth-order valence-electron chi connectivity index (χ4n) is 3.52. The monoisotopic (exact) mass is 424 g/mol. The first-order valence-corrected chi connectivity index (χ1v) is 9.92. The Labute approximate surface area is 178 Å².